The number of hydrogen-bond acceptors (Lipinski definition) is 6. The summed E-state index contributed by atoms with van der Waals surface area (Å²) in [4.78, 5) is 29.1. The lowest BCUT2D eigenvalue weighted by Gasteiger charge is -2.18. The molecule has 0 bridgehead atoms. The second-order valence-electron chi connectivity index (χ2n) is 5.65. The van der Waals surface area contributed by atoms with Gasteiger partial charge in [-0.2, -0.15) is 0 Å². The topological polar surface area (TPSA) is 77.5 Å². The Hall–Kier alpha value is -2.41. The zero-order chi connectivity index (χ0) is 19.1. The maximum Gasteiger partial charge on any atom is 0.329 e. The van der Waals surface area contributed by atoms with Crippen LogP contribution in [0.5, 0.6) is 5.75 Å². The largest absolute Gasteiger partial charge is 0.497 e. The van der Waals surface area contributed by atoms with E-state index in [4.69, 9.17) is 9.47 Å². The van der Waals surface area contributed by atoms with E-state index in [2.05, 4.69) is 26.2 Å². The first-order chi connectivity index (χ1) is 12.4. The van der Waals surface area contributed by atoms with Gasteiger partial charge in [0.2, 0.25) is 0 Å². The van der Waals surface area contributed by atoms with Gasteiger partial charge in [-0.3, -0.25) is 4.79 Å². The van der Waals surface area contributed by atoms with Crippen molar-refractivity contribution in [3.8, 4) is 5.75 Å². The number of methoxy groups -OCH3 is 1. The normalized spacial score (nSPS) is 11.5. The van der Waals surface area contributed by atoms with Gasteiger partial charge < -0.3 is 14.8 Å². The van der Waals surface area contributed by atoms with Gasteiger partial charge in [-0.15, -0.1) is 0 Å². The number of ketones is 1. The average Bonchev–Trinajstić information content (AvgIpc) is 2.63. The number of halogens is 1. The van der Waals surface area contributed by atoms with Crippen LogP contribution in [0.3, 0.4) is 0 Å². The molecular formula is C19H21BrN2O4. The number of nitrogens with zero attached hydrogens (tertiary/aromatic N) is 1. The van der Waals surface area contributed by atoms with Crippen molar-refractivity contribution in [3.05, 3.63) is 52.1 Å². The standard InChI is InChI=1S/C19H21BrN2O4/c1-4-26-19(24)16(22-18-15(20)9-12(2)11-21-18)10-17(23)13-5-7-14(25-3)8-6-13/h5-9,11,16H,4,10H2,1-3H3,(H,21,22). The number of pyridine rings is 1. The number of rotatable bonds is 8. The Bertz CT molecular complexity index is 778. The lowest BCUT2D eigenvalue weighted by Crippen LogP contribution is -2.34. The summed E-state index contributed by atoms with van der Waals surface area (Å²) < 4.78 is 10.9. The van der Waals surface area contributed by atoms with Crippen molar-refractivity contribution < 1.29 is 19.1 Å². The Morgan fingerprint density at radius 1 is 1.27 bits per heavy atom. The van der Waals surface area contributed by atoms with E-state index in [0.717, 1.165) is 5.56 Å². The van der Waals surface area contributed by atoms with Crippen LogP contribution in [-0.2, 0) is 9.53 Å². The van der Waals surface area contributed by atoms with Gasteiger partial charge in [0.25, 0.3) is 0 Å². The number of benzene rings is 1. The van der Waals surface area contributed by atoms with Crippen molar-refractivity contribution >= 4 is 33.5 Å². The Labute approximate surface area is 161 Å². The fraction of sp³-hybridized carbons (Fsp3) is 0.316. The Kier molecular flexibility index (Phi) is 7.15. The molecule has 1 unspecified atom stereocenters. The van der Waals surface area contributed by atoms with Gasteiger partial charge in [0, 0.05) is 18.2 Å². The van der Waals surface area contributed by atoms with Crippen molar-refractivity contribution in [2.45, 2.75) is 26.3 Å². The predicted octanol–water partition coefficient (Wildman–Crippen LogP) is 3.78. The highest BCUT2D eigenvalue weighted by molar-refractivity contribution is 9.10. The molecule has 0 saturated carbocycles. The molecule has 7 heteroatoms. The predicted molar refractivity (Wildman–Crippen MR) is 103 cm³/mol. The quantitative estimate of drug-likeness (QED) is 0.517. The molecule has 2 aromatic rings. The number of anilines is 1. The minimum absolute atomic E-state index is 0.0485. The second-order valence-corrected chi connectivity index (χ2v) is 6.50. The number of esters is 1. The van der Waals surface area contributed by atoms with Gasteiger partial charge in [0.1, 0.15) is 17.6 Å². The van der Waals surface area contributed by atoms with E-state index in [1.54, 1.807) is 44.5 Å². The third kappa shape index (κ3) is 5.29. The molecule has 1 aromatic carbocycles. The smallest absolute Gasteiger partial charge is 0.329 e. The monoisotopic (exact) mass is 420 g/mol. The highest BCUT2D eigenvalue weighted by Crippen LogP contribution is 2.23. The molecule has 2 rings (SSSR count). The number of hydrogen-bond donors (Lipinski definition) is 1. The van der Waals surface area contributed by atoms with Crippen LogP contribution in [0.15, 0.2) is 41.0 Å². The van der Waals surface area contributed by atoms with Gasteiger partial charge in [-0.25, -0.2) is 9.78 Å². The van der Waals surface area contributed by atoms with Crippen LogP contribution in [0.25, 0.3) is 0 Å². The van der Waals surface area contributed by atoms with Crippen LogP contribution in [-0.4, -0.2) is 36.5 Å². The number of carbonyl (C=O) groups excluding carboxylic acids is 2. The number of aryl methyl sites for hydroxylation is 1. The zero-order valence-electron chi connectivity index (χ0n) is 14.9. The lowest BCUT2D eigenvalue weighted by atomic mass is 10.0. The number of carbonyl (C=O) groups is 2. The maximum absolute atomic E-state index is 12.6. The molecule has 1 atom stereocenters. The van der Waals surface area contributed by atoms with Crippen LogP contribution in [0.4, 0.5) is 5.82 Å². The SMILES string of the molecule is CCOC(=O)C(CC(=O)c1ccc(OC)cc1)Nc1ncc(C)cc1Br. The Morgan fingerprint density at radius 3 is 2.54 bits per heavy atom. The van der Waals surface area contributed by atoms with E-state index in [-0.39, 0.29) is 18.8 Å². The first-order valence-electron chi connectivity index (χ1n) is 8.17. The molecule has 26 heavy (non-hydrogen) atoms. The van der Waals surface area contributed by atoms with Gasteiger partial charge in [-0.1, -0.05) is 0 Å². The van der Waals surface area contributed by atoms with Crippen LogP contribution in [0, 0.1) is 6.92 Å². The summed E-state index contributed by atoms with van der Waals surface area (Å²) in [6.07, 6.45) is 1.63. The molecule has 1 heterocycles. The molecule has 0 aliphatic heterocycles. The molecule has 0 aliphatic carbocycles. The minimum atomic E-state index is -0.837. The van der Waals surface area contributed by atoms with Crippen molar-refractivity contribution in [3.63, 3.8) is 0 Å². The van der Waals surface area contributed by atoms with E-state index < -0.39 is 12.0 Å². The molecule has 0 saturated heterocycles. The number of Topliss-reactive ketones (excluding diaryl/α,β-unsaturated/α-hetero) is 1. The Balaban J connectivity index is 2.18. The molecule has 0 spiro atoms. The highest BCUT2D eigenvalue weighted by Gasteiger charge is 2.25. The first kappa shape index (κ1) is 19.9. The van der Waals surface area contributed by atoms with E-state index in [1.165, 1.54) is 0 Å². The Morgan fingerprint density at radius 2 is 1.96 bits per heavy atom. The summed E-state index contributed by atoms with van der Waals surface area (Å²) in [7, 11) is 1.56. The molecule has 1 N–H and O–H groups in total. The molecular weight excluding hydrogens is 400 g/mol. The second kappa shape index (κ2) is 9.33. The van der Waals surface area contributed by atoms with E-state index >= 15 is 0 Å². The highest BCUT2D eigenvalue weighted by atomic mass is 79.9. The third-order valence-electron chi connectivity index (χ3n) is 3.66. The van der Waals surface area contributed by atoms with Gasteiger partial charge in [-0.05, 0) is 65.7 Å². The van der Waals surface area contributed by atoms with Gasteiger partial charge in [0.15, 0.2) is 5.78 Å². The van der Waals surface area contributed by atoms with Gasteiger partial charge >= 0.3 is 5.97 Å². The summed E-state index contributed by atoms with van der Waals surface area (Å²) in [5, 5.41) is 3.00. The van der Waals surface area contributed by atoms with Crippen molar-refractivity contribution in [1.82, 2.24) is 4.98 Å². The van der Waals surface area contributed by atoms with Crippen LogP contribution in [0.1, 0.15) is 29.3 Å². The summed E-state index contributed by atoms with van der Waals surface area (Å²) >= 11 is 3.41. The number of aromatic nitrogens is 1. The molecule has 0 aliphatic rings. The fourth-order valence-corrected chi connectivity index (χ4v) is 2.90. The summed E-state index contributed by atoms with van der Waals surface area (Å²) in [6, 6.07) is 7.79. The number of ether oxygens (including phenoxy) is 2. The first-order valence-corrected chi connectivity index (χ1v) is 8.96. The van der Waals surface area contributed by atoms with Crippen LogP contribution < -0.4 is 10.1 Å². The molecule has 0 fully saturated rings. The summed E-state index contributed by atoms with van der Waals surface area (Å²) in [6.45, 7) is 3.87. The van der Waals surface area contributed by atoms with Gasteiger partial charge in [0.05, 0.1) is 18.2 Å². The fourth-order valence-electron chi connectivity index (χ4n) is 2.32. The molecule has 1 aromatic heterocycles. The summed E-state index contributed by atoms with van der Waals surface area (Å²) in [5.41, 5.74) is 1.47. The zero-order valence-corrected chi connectivity index (χ0v) is 16.5. The molecule has 138 valence electrons. The third-order valence-corrected chi connectivity index (χ3v) is 4.27. The van der Waals surface area contributed by atoms with Crippen LogP contribution >= 0.6 is 15.9 Å². The molecule has 6 nitrogen and oxygen atoms in total. The van der Waals surface area contributed by atoms with E-state index in [9.17, 15) is 9.59 Å². The molecule has 0 radical (unpaired) electrons. The van der Waals surface area contributed by atoms with Crippen molar-refractivity contribution in [2.24, 2.45) is 0 Å². The van der Waals surface area contributed by atoms with Crippen LogP contribution in [0.2, 0.25) is 0 Å². The minimum Gasteiger partial charge on any atom is -0.497 e. The summed E-state index contributed by atoms with van der Waals surface area (Å²) in [5.74, 6) is 0.468. The van der Waals surface area contributed by atoms with Crippen molar-refractivity contribution in [2.75, 3.05) is 19.0 Å². The lowest BCUT2D eigenvalue weighted by molar-refractivity contribution is -0.144. The maximum atomic E-state index is 12.6. The van der Waals surface area contributed by atoms with E-state index in [0.29, 0.717) is 21.6 Å². The number of nitrogens with one attached hydrogen (secondary N) is 1. The average molecular weight is 421 g/mol. The molecule has 0 amide bonds. The van der Waals surface area contributed by atoms with Crippen molar-refractivity contribution in [1.29, 1.82) is 0 Å². The van der Waals surface area contributed by atoms with E-state index in [1.807, 2.05) is 13.0 Å².